The number of carboxylic acids is 1. The fraction of sp³-hybridized carbons (Fsp3) is 0.250. The highest BCUT2D eigenvalue weighted by Gasteiger charge is 2.25. The van der Waals surface area contributed by atoms with Gasteiger partial charge in [-0.1, -0.05) is 6.07 Å². The zero-order valence-electron chi connectivity index (χ0n) is 6.96. The van der Waals surface area contributed by atoms with Gasteiger partial charge in [0.05, 0.1) is 0 Å². The Hall–Kier alpha value is -0.980. The Morgan fingerprint density at radius 1 is 1.43 bits per heavy atom. The molecule has 0 amide bonds. The summed E-state index contributed by atoms with van der Waals surface area (Å²) in [7, 11) is 0. The first-order valence-electron chi connectivity index (χ1n) is 3.72. The Morgan fingerprint density at radius 2 is 2.07 bits per heavy atom. The molecule has 76 valence electrons. The average Bonchev–Trinajstić information content (AvgIpc) is 2.16. The number of carbonyl (C=O) groups is 1. The van der Waals surface area contributed by atoms with Crippen LogP contribution in [0.2, 0.25) is 0 Å². The predicted molar refractivity (Wildman–Crippen MR) is 50.5 cm³/mol. The van der Waals surface area contributed by atoms with Gasteiger partial charge in [-0.25, -0.2) is 9.78 Å². The minimum Gasteiger partial charge on any atom is -0.479 e. The fourth-order valence-electron chi connectivity index (χ4n) is 0.880. The highest BCUT2D eigenvalue weighted by molar-refractivity contribution is 9.10. The van der Waals surface area contributed by atoms with E-state index >= 15 is 0 Å². The number of carboxylic acid groups (broad SMARTS) is 1. The van der Waals surface area contributed by atoms with Crippen molar-refractivity contribution < 1.29 is 20.1 Å². The number of pyridine rings is 1. The van der Waals surface area contributed by atoms with Gasteiger partial charge in [-0.15, -0.1) is 0 Å². The molecule has 0 radical (unpaired) electrons. The van der Waals surface area contributed by atoms with Gasteiger partial charge in [-0.2, -0.15) is 0 Å². The highest BCUT2D eigenvalue weighted by atomic mass is 79.9. The molecule has 2 unspecified atom stereocenters. The maximum atomic E-state index is 10.3. The number of aromatic nitrogens is 1. The van der Waals surface area contributed by atoms with Gasteiger partial charge in [-0.05, 0) is 22.0 Å². The molecule has 0 aliphatic rings. The smallest absolute Gasteiger partial charge is 0.335 e. The van der Waals surface area contributed by atoms with Gasteiger partial charge in [0.2, 0.25) is 0 Å². The maximum Gasteiger partial charge on any atom is 0.335 e. The van der Waals surface area contributed by atoms with E-state index in [-0.39, 0.29) is 5.56 Å². The van der Waals surface area contributed by atoms with Crippen LogP contribution in [0.1, 0.15) is 11.7 Å². The number of halogens is 1. The van der Waals surface area contributed by atoms with Gasteiger partial charge >= 0.3 is 5.97 Å². The van der Waals surface area contributed by atoms with Crippen LogP contribution in [0, 0.1) is 0 Å². The molecule has 1 heterocycles. The molecule has 1 aromatic heterocycles. The molecule has 0 fully saturated rings. The van der Waals surface area contributed by atoms with Crippen LogP contribution in [-0.4, -0.2) is 32.4 Å². The number of hydrogen-bond donors (Lipinski definition) is 3. The van der Waals surface area contributed by atoms with Crippen LogP contribution in [-0.2, 0) is 4.79 Å². The second-order valence-corrected chi connectivity index (χ2v) is 3.45. The van der Waals surface area contributed by atoms with Gasteiger partial charge < -0.3 is 15.3 Å². The van der Waals surface area contributed by atoms with E-state index in [1.807, 2.05) is 0 Å². The summed E-state index contributed by atoms with van der Waals surface area (Å²) in [5, 5.41) is 26.8. The molecule has 0 spiro atoms. The molecule has 0 aliphatic heterocycles. The minimum atomic E-state index is -1.84. The Kier molecular flexibility index (Phi) is 3.56. The van der Waals surface area contributed by atoms with Gasteiger partial charge in [-0.3, -0.25) is 0 Å². The van der Waals surface area contributed by atoms with E-state index in [1.54, 1.807) is 6.07 Å². The number of aliphatic hydroxyl groups excluding tert-OH is 2. The van der Waals surface area contributed by atoms with E-state index in [0.29, 0.717) is 4.60 Å². The summed E-state index contributed by atoms with van der Waals surface area (Å²) >= 11 is 3.09. The van der Waals surface area contributed by atoms with Gasteiger partial charge in [0.1, 0.15) is 10.7 Å². The van der Waals surface area contributed by atoms with Crippen molar-refractivity contribution in [3.8, 4) is 0 Å². The van der Waals surface area contributed by atoms with E-state index in [2.05, 4.69) is 20.9 Å². The SMILES string of the molecule is O=C(O)C(O)C(O)c1ccc(Br)nc1. The summed E-state index contributed by atoms with van der Waals surface area (Å²) in [5.41, 5.74) is 0.253. The first-order valence-corrected chi connectivity index (χ1v) is 4.52. The predicted octanol–water partition coefficient (Wildman–Crippen LogP) is 0.323. The number of hydrogen-bond acceptors (Lipinski definition) is 4. The van der Waals surface area contributed by atoms with Crippen LogP contribution < -0.4 is 0 Å². The first-order chi connectivity index (χ1) is 6.52. The van der Waals surface area contributed by atoms with Crippen LogP contribution in [0.4, 0.5) is 0 Å². The first kappa shape index (κ1) is 11.1. The second-order valence-electron chi connectivity index (χ2n) is 2.64. The third-order valence-corrected chi connectivity index (χ3v) is 2.11. The van der Waals surface area contributed by atoms with Crippen molar-refractivity contribution in [3.63, 3.8) is 0 Å². The van der Waals surface area contributed by atoms with Crippen molar-refractivity contribution in [3.05, 3.63) is 28.5 Å². The number of aliphatic carboxylic acids is 1. The van der Waals surface area contributed by atoms with Gasteiger partial charge in [0.25, 0.3) is 0 Å². The normalized spacial score (nSPS) is 14.8. The minimum absolute atomic E-state index is 0.253. The molecular weight excluding hydrogens is 254 g/mol. The third kappa shape index (κ3) is 2.50. The monoisotopic (exact) mass is 261 g/mol. The molecule has 0 aromatic carbocycles. The molecule has 3 N–H and O–H groups in total. The highest BCUT2D eigenvalue weighted by Crippen LogP contribution is 2.17. The van der Waals surface area contributed by atoms with E-state index in [0.717, 1.165) is 0 Å². The topological polar surface area (TPSA) is 90.7 Å². The summed E-state index contributed by atoms with van der Waals surface area (Å²) in [5.74, 6) is -1.47. The van der Waals surface area contributed by atoms with E-state index in [4.69, 9.17) is 10.2 Å². The molecule has 6 heteroatoms. The standard InChI is InChI=1S/C8H8BrNO4/c9-5-2-1-4(3-10-5)6(11)7(12)8(13)14/h1-3,6-7,11-12H,(H,13,14). The van der Waals surface area contributed by atoms with Crippen LogP contribution in [0.15, 0.2) is 22.9 Å². The molecule has 0 saturated carbocycles. The van der Waals surface area contributed by atoms with Crippen molar-refractivity contribution in [2.24, 2.45) is 0 Å². The summed E-state index contributed by atoms with van der Waals surface area (Å²) in [6.45, 7) is 0. The van der Waals surface area contributed by atoms with Crippen molar-refractivity contribution in [2.75, 3.05) is 0 Å². The maximum absolute atomic E-state index is 10.3. The quantitative estimate of drug-likeness (QED) is 0.682. The molecule has 2 atom stereocenters. The van der Waals surface area contributed by atoms with Crippen molar-refractivity contribution in [1.29, 1.82) is 0 Å². The molecule has 5 nitrogen and oxygen atoms in total. The molecule has 1 rings (SSSR count). The summed E-state index contributed by atoms with van der Waals surface area (Å²) in [4.78, 5) is 14.1. The molecule has 0 bridgehead atoms. The lowest BCUT2D eigenvalue weighted by atomic mass is 10.1. The zero-order valence-corrected chi connectivity index (χ0v) is 8.55. The summed E-state index contributed by atoms with van der Waals surface area (Å²) in [6, 6.07) is 3.03. The average molecular weight is 262 g/mol. The van der Waals surface area contributed by atoms with Crippen LogP contribution in [0.5, 0.6) is 0 Å². The Bertz CT molecular complexity index is 327. The van der Waals surface area contributed by atoms with Gasteiger partial charge in [0, 0.05) is 11.8 Å². The molecule has 0 aliphatic carbocycles. The number of aliphatic hydroxyl groups is 2. The third-order valence-electron chi connectivity index (χ3n) is 1.64. The van der Waals surface area contributed by atoms with Crippen LogP contribution in [0.25, 0.3) is 0 Å². The van der Waals surface area contributed by atoms with Crippen LogP contribution in [0.3, 0.4) is 0 Å². The molecular formula is C8H8BrNO4. The lowest BCUT2D eigenvalue weighted by Gasteiger charge is -2.13. The molecule has 0 saturated heterocycles. The summed E-state index contributed by atoms with van der Waals surface area (Å²) in [6.07, 6.45) is -2.01. The second kappa shape index (κ2) is 4.50. The van der Waals surface area contributed by atoms with Gasteiger partial charge in [0.15, 0.2) is 6.10 Å². The largest absolute Gasteiger partial charge is 0.479 e. The van der Waals surface area contributed by atoms with E-state index in [9.17, 15) is 9.90 Å². The number of rotatable bonds is 3. The Labute approximate surface area is 88.2 Å². The Morgan fingerprint density at radius 3 is 2.50 bits per heavy atom. The zero-order chi connectivity index (χ0) is 10.7. The van der Waals surface area contributed by atoms with Crippen LogP contribution >= 0.6 is 15.9 Å². The fourth-order valence-corrected chi connectivity index (χ4v) is 1.11. The van der Waals surface area contributed by atoms with Crippen molar-refractivity contribution >= 4 is 21.9 Å². The summed E-state index contributed by atoms with van der Waals surface area (Å²) < 4.78 is 0.568. The Balaban J connectivity index is 2.84. The van der Waals surface area contributed by atoms with Crippen molar-refractivity contribution in [2.45, 2.75) is 12.2 Å². The van der Waals surface area contributed by atoms with Crippen molar-refractivity contribution in [1.82, 2.24) is 4.98 Å². The molecule has 14 heavy (non-hydrogen) atoms. The van der Waals surface area contributed by atoms with E-state index < -0.39 is 18.2 Å². The van der Waals surface area contributed by atoms with E-state index in [1.165, 1.54) is 12.3 Å². The lowest BCUT2D eigenvalue weighted by Crippen LogP contribution is -2.27. The lowest BCUT2D eigenvalue weighted by molar-refractivity contribution is -0.153. The number of nitrogens with zero attached hydrogens (tertiary/aromatic N) is 1. The molecule has 1 aromatic rings.